The minimum absolute atomic E-state index is 0.149. The molecule has 0 saturated heterocycles. The molecule has 84 valence electrons. The molecule has 6 nitrogen and oxygen atoms in total. The maximum atomic E-state index is 10.6. The molecule has 0 atom stereocenters. The number of nitro groups is 1. The zero-order chi connectivity index (χ0) is 12.1. The second-order valence-corrected chi connectivity index (χ2v) is 2.89. The number of methoxy groups -OCH3 is 1. The quantitative estimate of drug-likeness (QED) is 0.476. The normalized spacial score (nSPS) is 10.3. The Labute approximate surface area is 90.9 Å². The van der Waals surface area contributed by atoms with Crippen LogP contribution in [0.15, 0.2) is 24.3 Å². The van der Waals surface area contributed by atoms with E-state index in [2.05, 4.69) is 0 Å². The third kappa shape index (κ3) is 3.09. The van der Waals surface area contributed by atoms with Crippen LogP contribution in [0.25, 0.3) is 6.08 Å². The predicted molar refractivity (Wildman–Crippen MR) is 56.3 cm³/mol. The van der Waals surface area contributed by atoms with E-state index in [0.29, 0.717) is 11.3 Å². The second-order valence-electron chi connectivity index (χ2n) is 2.89. The molecule has 0 radical (unpaired) electrons. The van der Waals surface area contributed by atoms with Crippen LogP contribution in [0, 0.1) is 10.1 Å². The van der Waals surface area contributed by atoms with Crippen molar-refractivity contribution in [3.05, 3.63) is 40.0 Å². The van der Waals surface area contributed by atoms with Gasteiger partial charge in [-0.15, -0.1) is 0 Å². The minimum Gasteiger partial charge on any atom is -0.496 e. The molecule has 0 aliphatic carbocycles. The molecule has 1 rings (SSSR count). The number of hydrogen-bond acceptors (Lipinski definition) is 4. The summed E-state index contributed by atoms with van der Waals surface area (Å²) in [6, 6.07) is 4.03. The van der Waals surface area contributed by atoms with Crippen LogP contribution in [0.2, 0.25) is 0 Å². The molecule has 0 saturated carbocycles. The van der Waals surface area contributed by atoms with Crippen molar-refractivity contribution in [1.29, 1.82) is 0 Å². The fourth-order valence-corrected chi connectivity index (χ4v) is 1.09. The summed E-state index contributed by atoms with van der Waals surface area (Å²) in [5, 5.41) is 19.0. The van der Waals surface area contributed by atoms with Gasteiger partial charge in [0, 0.05) is 12.1 Å². The number of nitro benzene ring substituents is 1. The van der Waals surface area contributed by atoms with Gasteiger partial charge >= 0.3 is 5.97 Å². The third-order valence-corrected chi connectivity index (χ3v) is 1.78. The van der Waals surface area contributed by atoms with Gasteiger partial charge in [-0.3, -0.25) is 10.1 Å². The monoisotopic (exact) mass is 223 g/mol. The molecule has 6 heteroatoms. The molecule has 0 fully saturated rings. The van der Waals surface area contributed by atoms with Gasteiger partial charge in [0.25, 0.3) is 5.69 Å². The zero-order valence-electron chi connectivity index (χ0n) is 8.41. The summed E-state index contributed by atoms with van der Waals surface area (Å²) in [6.45, 7) is 0. The standard InChI is InChI=1S/C10H9NO5/c1-16-9-5-7(2-3-10(12)13)4-8(6-9)11(14)15/h2-6H,1H3,(H,12,13). The van der Waals surface area contributed by atoms with Gasteiger partial charge in [0.2, 0.25) is 0 Å². The fourth-order valence-electron chi connectivity index (χ4n) is 1.09. The van der Waals surface area contributed by atoms with Gasteiger partial charge in [0.1, 0.15) is 5.75 Å². The number of nitrogens with zero attached hydrogens (tertiary/aromatic N) is 1. The van der Waals surface area contributed by atoms with Crippen LogP contribution in [0.5, 0.6) is 5.75 Å². The van der Waals surface area contributed by atoms with Gasteiger partial charge in [-0.25, -0.2) is 4.79 Å². The average molecular weight is 223 g/mol. The molecule has 1 aromatic carbocycles. The van der Waals surface area contributed by atoms with Gasteiger partial charge in [-0.05, 0) is 17.7 Å². The Morgan fingerprint density at radius 2 is 2.19 bits per heavy atom. The lowest BCUT2D eigenvalue weighted by Crippen LogP contribution is -1.92. The van der Waals surface area contributed by atoms with E-state index >= 15 is 0 Å². The lowest BCUT2D eigenvalue weighted by atomic mass is 10.1. The number of carboxylic acid groups (broad SMARTS) is 1. The number of carbonyl (C=O) groups is 1. The number of hydrogen-bond donors (Lipinski definition) is 1. The Hall–Kier alpha value is -2.37. The maximum Gasteiger partial charge on any atom is 0.328 e. The number of ether oxygens (including phenoxy) is 1. The van der Waals surface area contributed by atoms with E-state index in [1.807, 2.05) is 0 Å². The first-order valence-electron chi connectivity index (χ1n) is 4.27. The van der Waals surface area contributed by atoms with Crippen LogP contribution in [0.1, 0.15) is 5.56 Å². The maximum absolute atomic E-state index is 10.6. The molecule has 0 bridgehead atoms. The average Bonchev–Trinajstić information content (AvgIpc) is 2.25. The summed E-state index contributed by atoms with van der Waals surface area (Å²) in [5.74, 6) is -0.815. The highest BCUT2D eigenvalue weighted by molar-refractivity contribution is 5.85. The molecular formula is C10H9NO5. The topological polar surface area (TPSA) is 89.7 Å². The molecule has 1 aromatic rings. The van der Waals surface area contributed by atoms with Gasteiger partial charge in [0.05, 0.1) is 18.1 Å². The van der Waals surface area contributed by atoms with E-state index < -0.39 is 10.9 Å². The van der Waals surface area contributed by atoms with Gasteiger partial charge in [-0.2, -0.15) is 0 Å². The molecule has 0 aliphatic rings. The number of carboxylic acids is 1. The van der Waals surface area contributed by atoms with Crippen molar-refractivity contribution >= 4 is 17.7 Å². The van der Waals surface area contributed by atoms with E-state index in [4.69, 9.17) is 9.84 Å². The van der Waals surface area contributed by atoms with Crippen molar-refractivity contribution in [1.82, 2.24) is 0 Å². The van der Waals surface area contributed by atoms with Crippen LogP contribution in [0.3, 0.4) is 0 Å². The van der Waals surface area contributed by atoms with Crippen LogP contribution < -0.4 is 4.74 Å². The van der Waals surface area contributed by atoms with Crippen molar-refractivity contribution < 1.29 is 19.6 Å². The zero-order valence-corrected chi connectivity index (χ0v) is 8.41. The molecule has 0 spiro atoms. The highest BCUT2D eigenvalue weighted by atomic mass is 16.6. The molecule has 0 aromatic heterocycles. The predicted octanol–water partition coefficient (Wildman–Crippen LogP) is 1.70. The van der Waals surface area contributed by atoms with Crippen molar-refractivity contribution in [2.45, 2.75) is 0 Å². The van der Waals surface area contributed by atoms with Crippen LogP contribution in [0.4, 0.5) is 5.69 Å². The van der Waals surface area contributed by atoms with Gasteiger partial charge in [-0.1, -0.05) is 0 Å². The first-order chi connectivity index (χ1) is 7.52. The minimum atomic E-state index is -1.12. The lowest BCUT2D eigenvalue weighted by Gasteiger charge is -2.01. The van der Waals surface area contributed by atoms with Crippen molar-refractivity contribution in [2.24, 2.45) is 0 Å². The summed E-state index contributed by atoms with van der Waals surface area (Å²) in [5.41, 5.74) is 0.248. The van der Waals surface area contributed by atoms with Crippen LogP contribution in [-0.2, 0) is 4.79 Å². The first kappa shape index (κ1) is 11.7. The molecule has 1 N–H and O–H groups in total. The van der Waals surface area contributed by atoms with Crippen LogP contribution >= 0.6 is 0 Å². The Morgan fingerprint density at radius 3 is 2.69 bits per heavy atom. The SMILES string of the molecule is COc1cc(C=CC(=O)O)cc([N+](=O)[O-])c1. The third-order valence-electron chi connectivity index (χ3n) is 1.78. The smallest absolute Gasteiger partial charge is 0.328 e. The van der Waals surface area contributed by atoms with Gasteiger partial charge < -0.3 is 9.84 Å². The number of rotatable bonds is 4. The number of non-ortho nitro benzene ring substituents is 1. The van der Waals surface area contributed by atoms with Gasteiger partial charge in [0.15, 0.2) is 0 Å². The molecule has 0 heterocycles. The lowest BCUT2D eigenvalue weighted by molar-refractivity contribution is -0.384. The summed E-state index contributed by atoms with van der Waals surface area (Å²) >= 11 is 0. The fraction of sp³-hybridized carbons (Fsp3) is 0.100. The van der Waals surface area contributed by atoms with Crippen molar-refractivity contribution in [3.63, 3.8) is 0 Å². The van der Waals surface area contributed by atoms with Crippen molar-refractivity contribution in [2.75, 3.05) is 7.11 Å². The molecule has 0 unspecified atom stereocenters. The number of aliphatic carboxylic acids is 1. The summed E-state index contributed by atoms with van der Waals surface area (Å²) in [6.07, 6.45) is 2.16. The molecule has 0 amide bonds. The Kier molecular flexibility index (Phi) is 3.60. The Morgan fingerprint density at radius 1 is 1.50 bits per heavy atom. The van der Waals surface area contributed by atoms with Crippen LogP contribution in [-0.4, -0.2) is 23.1 Å². The highest BCUT2D eigenvalue weighted by Gasteiger charge is 2.08. The first-order valence-corrected chi connectivity index (χ1v) is 4.27. The van der Waals surface area contributed by atoms with E-state index in [-0.39, 0.29) is 5.69 Å². The molecule has 16 heavy (non-hydrogen) atoms. The summed E-state index contributed by atoms with van der Waals surface area (Å²) in [4.78, 5) is 20.3. The second kappa shape index (κ2) is 4.92. The van der Waals surface area contributed by atoms with E-state index in [0.717, 1.165) is 6.08 Å². The van der Waals surface area contributed by atoms with E-state index in [1.54, 1.807) is 0 Å². The van der Waals surface area contributed by atoms with E-state index in [9.17, 15) is 14.9 Å². The Balaban J connectivity index is 3.14. The largest absolute Gasteiger partial charge is 0.496 e. The summed E-state index contributed by atoms with van der Waals surface area (Å²) < 4.78 is 4.87. The summed E-state index contributed by atoms with van der Waals surface area (Å²) in [7, 11) is 1.38. The molecular weight excluding hydrogens is 214 g/mol. The number of benzene rings is 1. The Bertz CT molecular complexity index is 453. The van der Waals surface area contributed by atoms with Crippen molar-refractivity contribution in [3.8, 4) is 5.75 Å². The molecule has 0 aliphatic heterocycles. The van der Waals surface area contributed by atoms with E-state index in [1.165, 1.54) is 31.4 Å². The highest BCUT2D eigenvalue weighted by Crippen LogP contribution is 2.23.